The Labute approximate surface area is 225 Å². The van der Waals surface area contributed by atoms with Crippen LogP contribution in [-0.4, -0.2) is 57.8 Å². The van der Waals surface area contributed by atoms with Gasteiger partial charge in [0.2, 0.25) is 5.88 Å². The summed E-state index contributed by atoms with van der Waals surface area (Å²) in [4.78, 5) is 22.0. The third kappa shape index (κ3) is 5.81. The lowest BCUT2D eigenvalue weighted by molar-refractivity contribution is -0.183. The van der Waals surface area contributed by atoms with E-state index >= 15 is 0 Å². The van der Waals surface area contributed by atoms with Gasteiger partial charge in [-0.25, -0.2) is 9.78 Å². The molecule has 1 saturated carbocycles. The number of carbonyl (C=O) groups excluding carboxylic acids is 1. The number of hydrogen-bond acceptors (Lipinski definition) is 8. The summed E-state index contributed by atoms with van der Waals surface area (Å²) in [6.07, 6.45) is 5.79. The van der Waals surface area contributed by atoms with Crippen LogP contribution < -0.4 is 9.64 Å². The Morgan fingerprint density at radius 1 is 1.22 bits per heavy atom. The average Bonchev–Trinajstić information content (AvgIpc) is 3.47. The maximum absolute atomic E-state index is 12.8. The Balaban J connectivity index is 1.47. The van der Waals surface area contributed by atoms with Gasteiger partial charge < -0.3 is 23.8 Å². The van der Waals surface area contributed by atoms with Gasteiger partial charge in [0.05, 0.1) is 33.0 Å². The highest BCUT2D eigenvalue weighted by atomic mass is 32.1. The lowest BCUT2D eigenvalue weighted by atomic mass is 9.77. The molecule has 37 heavy (non-hydrogen) atoms. The molecule has 3 heterocycles. The summed E-state index contributed by atoms with van der Waals surface area (Å²) in [7, 11) is 5.21. The second-order valence-corrected chi connectivity index (χ2v) is 11.7. The largest absolute Gasteiger partial charge is 0.480 e. The van der Waals surface area contributed by atoms with Gasteiger partial charge in [0, 0.05) is 41.9 Å². The van der Waals surface area contributed by atoms with Crippen LogP contribution in [0.25, 0.3) is 0 Å². The molecule has 0 N–H and O–H groups in total. The number of methoxy groups -OCH3 is 2. The zero-order valence-corrected chi connectivity index (χ0v) is 24.3. The summed E-state index contributed by atoms with van der Waals surface area (Å²) in [5.74, 6) is 1.02. The Hall–Kier alpha value is -2.16. The van der Waals surface area contributed by atoms with Crippen molar-refractivity contribution in [3.63, 3.8) is 0 Å². The highest BCUT2D eigenvalue weighted by Gasteiger charge is 2.42. The monoisotopic (exact) mass is 530 g/mol. The zero-order chi connectivity index (χ0) is 26.7. The van der Waals surface area contributed by atoms with Crippen LogP contribution in [0.15, 0.2) is 6.07 Å². The summed E-state index contributed by atoms with van der Waals surface area (Å²) in [6, 6.07) is 2.08. The van der Waals surface area contributed by atoms with E-state index in [2.05, 4.69) is 43.8 Å². The molecule has 8 heteroatoms. The van der Waals surface area contributed by atoms with Crippen molar-refractivity contribution in [3.05, 3.63) is 38.2 Å². The highest BCUT2D eigenvalue weighted by Crippen LogP contribution is 2.46. The van der Waals surface area contributed by atoms with Crippen LogP contribution in [0.5, 0.6) is 5.88 Å². The number of carbonyl (C=O) groups is 1. The number of rotatable bonds is 9. The molecule has 1 spiro atoms. The van der Waals surface area contributed by atoms with Crippen LogP contribution in [0.1, 0.15) is 81.9 Å². The first-order valence-corrected chi connectivity index (χ1v) is 14.2. The second kappa shape index (κ2) is 11.7. The first-order chi connectivity index (χ1) is 17.7. The van der Waals surface area contributed by atoms with Crippen molar-refractivity contribution in [2.75, 3.05) is 45.9 Å². The van der Waals surface area contributed by atoms with Crippen molar-refractivity contribution in [2.45, 2.75) is 77.9 Å². The lowest BCUT2D eigenvalue weighted by Crippen LogP contribution is -2.36. The van der Waals surface area contributed by atoms with Gasteiger partial charge in [0.15, 0.2) is 5.79 Å². The molecule has 0 radical (unpaired) electrons. The summed E-state index contributed by atoms with van der Waals surface area (Å²) < 4.78 is 22.6. The lowest BCUT2D eigenvalue weighted by Gasteiger charge is -2.37. The number of hydrogen-bond donors (Lipinski definition) is 0. The van der Waals surface area contributed by atoms with Gasteiger partial charge in [-0.2, -0.15) is 0 Å². The molecular formula is C29H42N2O5S. The molecule has 1 atom stereocenters. The maximum atomic E-state index is 12.8. The van der Waals surface area contributed by atoms with Gasteiger partial charge in [-0.05, 0) is 75.5 Å². The fraction of sp³-hybridized carbons (Fsp3) is 0.655. The van der Waals surface area contributed by atoms with Gasteiger partial charge in [-0.1, -0.05) is 6.92 Å². The summed E-state index contributed by atoms with van der Waals surface area (Å²) in [5.41, 5.74) is 4.96. The van der Waals surface area contributed by atoms with Crippen molar-refractivity contribution in [2.24, 2.45) is 5.92 Å². The fourth-order valence-corrected chi connectivity index (χ4v) is 7.63. The van der Waals surface area contributed by atoms with Crippen molar-refractivity contribution < 1.29 is 23.7 Å². The van der Waals surface area contributed by atoms with E-state index in [1.165, 1.54) is 12.0 Å². The first-order valence-electron chi connectivity index (χ1n) is 13.4. The van der Waals surface area contributed by atoms with Crippen molar-refractivity contribution in [1.82, 2.24) is 4.98 Å². The number of aryl methyl sites for hydroxylation is 3. The van der Waals surface area contributed by atoms with E-state index in [1.807, 2.05) is 6.92 Å². The molecule has 0 amide bonds. The van der Waals surface area contributed by atoms with Crippen LogP contribution in [-0.2, 0) is 20.6 Å². The van der Waals surface area contributed by atoms with Gasteiger partial charge in [0.25, 0.3) is 0 Å². The molecule has 1 aliphatic heterocycles. The smallest absolute Gasteiger partial charge is 0.339 e. The summed E-state index contributed by atoms with van der Waals surface area (Å²) >= 11 is 1.80. The Morgan fingerprint density at radius 2 is 1.89 bits per heavy atom. The molecule has 204 valence electrons. The van der Waals surface area contributed by atoms with E-state index in [0.717, 1.165) is 78.0 Å². The molecule has 4 rings (SSSR count). The zero-order valence-electron chi connectivity index (χ0n) is 23.4. The van der Waals surface area contributed by atoms with E-state index in [4.69, 9.17) is 18.9 Å². The minimum atomic E-state index is -0.344. The van der Waals surface area contributed by atoms with E-state index in [0.29, 0.717) is 30.9 Å². The first kappa shape index (κ1) is 27.9. The van der Waals surface area contributed by atoms with Crippen LogP contribution in [0, 0.1) is 26.7 Å². The summed E-state index contributed by atoms with van der Waals surface area (Å²) in [6.45, 7) is 10.7. The molecule has 2 aliphatic rings. The second-order valence-electron chi connectivity index (χ2n) is 10.6. The molecule has 1 aliphatic carbocycles. The van der Waals surface area contributed by atoms with E-state index in [-0.39, 0.29) is 11.8 Å². The maximum Gasteiger partial charge on any atom is 0.339 e. The van der Waals surface area contributed by atoms with Crippen LogP contribution in [0.2, 0.25) is 0 Å². The SMILES string of the molecule is COC(=O)c1c(CCCN(C)c2c(C)cc(C)nc2OC)sc([C@H](C)C2CCC3(CC2)OCCO3)c1C. The number of thiophene rings is 1. The van der Waals surface area contributed by atoms with Gasteiger partial charge in [-0.3, -0.25) is 0 Å². The van der Waals surface area contributed by atoms with E-state index in [1.54, 1.807) is 18.4 Å². The minimum absolute atomic E-state index is 0.230. The number of aromatic nitrogens is 1. The molecule has 2 fully saturated rings. The van der Waals surface area contributed by atoms with Crippen molar-refractivity contribution in [3.8, 4) is 5.88 Å². The Morgan fingerprint density at radius 3 is 2.51 bits per heavy atom. The molecule has 0 aromatic carbocycles. The molecule has 0 bridgehead atoms. The van der Waals surface area contributed by atoms with E-state index < -0.39 is 0 Å². The minimum Gasteiger partial charge on any atom is -0.480 e. The topological polar surface area (TPSA) is 70.1 Å². The van der Waals surface area contributed by atoms with Crippen LogP contribution >= 0.6 is 11.3 Å². The molecule has 1 saturated heterocycles. The normalized spacial score (nSPS) is 18.2. The summed E-state index contributed by atoms with van der Waals surface area (Å²) in [5, 5.41) is 0. The Kier molecular flexibility index (Phi) is 8.81. The average molecular weight is 531 g/mol. The van der Waals surface area contributed by atoms with Crippen molar-refractivity contribution >= 4 is 23.0 Å². The third-order valence-corrected chi connectivity index (χ3v) is 9.68. The highest BCUT2D eigenvalue weighted by molar-refractivity contribution is 7.12. The number of esters is 1. The molecule has 2 aromatic heterocycles. The molecule has 7 nitrogen and oxygen atoms in total. The van der Waals surface area contributed by atoms with Crippen LogP contribution in [0.3, 0.4) is 0 Å². The molecular weight excluding hydrogens is 488 g/mol. The standard InChI is InChI=1S/C29H42N2O5S/c1-18-17-19(2)30-27(33-6)25(18)31(5)14-8-9-23-24(28(32)34-7)21(4)26(37-23)20(3)22-10-12-29(13-11-22)35-15-16-36-29/h17,20,22H,8-16H2,1-7H3/t20-/m1/s1. The van der Waals surface area contributed by atoms with Crippen molar-refractivity contribution in [1.29, 1.82) is 0 Å². The number of pyridine rings is 1. The number of nitrogens with zero attached hydrogens (tertiary/aromatic N) is 2. The Bertz CT molecular complexity index is 1100. The molecule has 0 unspecified atom stereocenters. The quantitative estimate of drug-likeness (QED) is 0.370. The van der Waals surface area contributed by atoms with Gasteiger partial charge in [0.1, 0.15) is 5.69 Å². The predicted octanol–water partition coefficient (Wildman–Crippen LogP) is 5.97. The number of ether oxygens (including phenoxy) is 4. The van der Waals surface area contributed by atoms with Gasteiger partial charge in [-0.15, -0.1) is 11.3 Å². The van der Waals surface area contributed by atoms with Crippen LogP contribution in [0.4, 0.5) is 5.69 Å². The predicted molar refractivity (Wildman–Crippen MR) is 147 cm³/mol. The molecule has 2 aromatic rings. The fourth-order valence-electron chi connectivity index (χ4n) is 6.14. The third-order valence-electron chi connectivity index (χ3n) is 8.12. The van der Waals surface area contributed by atoms with Gasteiger partial charge >= 0.3 is 5.97 Å². The number of anilines is 1. The van der Waals surface area contributed by atoms with E-state index in [9.17, 15) is 4.79 Å².